The highest BCUT2D eigenvalue weighted by molar-refractivity contribution is 7.91. The first-order valence-corrected chi connectivity index (χ1v) is 11.7. The normalized spacial score (nSPS) is 14.5. The summed E-state index contributed by atoms with van der Waals surface area (Å²) in [4.78, 5) is 28.6. The highest BCUT2D eigenvalue weighted by atomic mass is 32.2. The third-order valence-electron chi connectivity index (χ3n) is 4.75. The summed E-state index contributed by atoms with van der Waals surface area (Å²) in [5.74, 6) is -3.27. The second-order valence-electron chi connectivity index (χ2n) is 6.99. The Hall–Kier alpha value is -2.64. The maximum absolute atomic E-state index is 13.7. The number of benzene rings is 1. The molecule has 2 amide bonds. The summed E-state index contributed by atoms with van der Waals surface area (Å²) >= 11 is 0.634. The van der Waals surface area contributed by atoms with E-state index in [1.807, 2.05) is 4.72 Å². The van der Waals surface area contributed by atoms with Gasteiger partial charge in [-0.15, -0.1) is 0 Å². The molecule has 13 heteroatoms. The molecule has 0 spiro atoms. The van der Waals surface area contributed by atoms with E-state index in [2.05, 4.69) is 10.3 Å². The van der Waals surface area contributed by atoms with Crippen molar-refractivity contribution in [3.8, 4) is 0 Å². The average Bonchev–Trinajstić information content (AvgIpc) is 3.39. The smallest absolute Gasteiger partial charge is 0.328 e. The minimum atomic E-state index is -4.10. The van der Waals surface area contributed by atoms with Gasteiger partial charge in [0.1, 0.15) is 6.54 Å². The van der Waals surface area contributed by atoms with Crippen molar-refractivity contribution in [2.24, 2.45) is 5.92 Å². The quantitative estimate of drug-likeness (QED) is 0.540. The lowest BCUT2D eigenvalue weighted by Gasteiger charge is -2.25. The number of carboxylic acids is 1. The zero-order valence-electron chi connectivity index (χ0n) is 16.2. The van der Waals surface area contributed by atoms with Gasteiger partial charge in [-0.2, -0.15) is 4.72 Å². The van der Waals surface area contributed by atoms with Gasteiger partial charge >= 0.3 is 12.0 Å². The second-order valence-corrected chi connectivity index (χ2v) is 10.0. The lowest BCUT2D eigenvalue weighted by Crippen LogP contribution is -2.38. The number of carbonyl (C=O) groups is 2. The molecule has 0 aliphatic heterocycles. The molecule has 2 aromatic rings. The van der Waals surface area contributed by atoms with Crippen LogP contribution in [0.3, 0.4) is 0 Å². The van der Waals surface area contributed by atoms with Crippen molar-refractivity contribution in [3.63, 3.8) is 0 Å². The van der Waals surface area contributed by atoms with Crippen LogP contribution in [0.2, 0.25) is 0 Å². The Morgan fingerprint density at radius 2 is 1.94 bits per heavy atom. The van der Waals surface area contributed by atoms with E-state index < -0.39 is 40.2 Å². The second kappa shape index (κ2) is 9.66. The Balaban J connectivity index is 1.78. The van der Waals surface area contributed by atoms with E-state index in [1.54, 1.807) is 0 Å². The maximum atomic E-state index is 13.7. The van der Waals surface area contributed by atoms with Crippen molar-refractivity contribution >= 4 is 44.2 Å². The van der Waals surface area contributed by atoms with Crippen molar-refractivity contribution in [3.05, 3.63) is 36.0 Å². The van der Waals surface area contributed by atoms with Gasteiger partial charge in [0.05, 0.1) is 6.20 Å². The molecular formula is C18H20F2N4O5S2. The molecule has 3 rings (SSSR count). The topological polar surface area (TPSA) is 129 Å². The molecular weight excluding hydrogens is 454 g/mol. The van der Waals surface area contributed by atoms with Gasteiger partial charge in [-0.05, 0) is 30.9 Å². The summed E-state index contributed by atoms with van der Waals surface area (Å²) in [5.41, 5.74) is 0.163. The first-order valence-electron chi connectivity index (χ1n) is 9.36. The number of halogens is 2. The van der Waals surface area contributed by atoms with Gasteiger partial charge < -0.3 is 5.11 Å². The summed E-state index contributed by atoms with van der Waals surface area (Å²) in [5, 5.41) is 11.1. The van der Waals surface area contributed by atoms with Gasteiger partial charge in [-0.3, -0.25) is 15.0 Å². The number of aliphatic carboxylic acids is 1. The van der Waals surface area contributed by atoms with Crippen LogP contribution in [0.5, 0.6) is 0 Å². The zero-order valence-corrected chi connectivity index (χ0v) is 17.8. The van der Waals surface area contributed by atoms with Crippen molar-refractivity contribution in [2.45, 2.75) is 29.9 Å². The summed E-state index contributed by atoms with van der Waals surface area (Å²) < 4.78 is 52.9. The minimum Gasteiger partial charge on any atom is -0.480 e. The summed E-state index contributed by atoms with van der Waals surface area (Å²) in [6.07, 6.45) is 4.85. The molecule has 1 aromatic heterocycles. The van der Waals surface area contributed by atoms with Crippen molar-refractivity contribution in [1.29, 1.82) is 0 Å². The van der Waals surface area contributed by atoms with Crippen molar-refractivity contribution in [1.82, 2.24) is 9.71 Å². The molecule has 1 aromatic carbocycles. The fraction of sp³-hybridized carbons (Fsp3) is 0.389. The number of amides is 2. The number of anilines is 2. The monoisotopic (exact) mass is 474 g/mol. The Morgan fingerprint density at radius 3 is 2.58 bits per heavy atom. The Kier molecular flexibility index (Phi) is 7.18. The number of nitrogens with one attached hydrogen (secondary N) is 2. The molecule has 0 saturated heterocycles. The largest absolute Gasteiger partial charge is 0.480 e. The molecule has 0 radical (unpaired) electrons. The van der Waals surface area contributed by atoms with Gasteiger partial charge in [0.2, 0.25) is 0 Å². The first kappa shape index (κ1) is 23.0. The van der Waals surface area contributed by atoms with Gasteiger partial charge in [0.25, 0.3) is 10.0 Å². The molecule has 1 aliphatic carbocycles. The lowest BCUT2D eigenvalue weighted by atomic mass is 10.1. The zero-order chi connectivity index (χ0) is 22.6. The standard InChI is InChI=1S/C18H20F2N4O5S2/c19-13-6-5-12(7-14(13)20)24(10-11-3-1-2-4-11)18(27)23-17-21-9-16(30-17)31(28,29)22-8-15(25)26/h5-7,9,11,22H,1-4,8,10H2,(H,25,26)(H,21,23,27). The van der Waals surface area contributed by atoms with E-state index in [1.165, 1.54) is 11.0 Å². The molecule has 0 bridgehead atoms. The van der Waals surface area contributed by atoms with E-state index in [0.29, 0.717) is 11.3 Å². The number of urea groups is 1. The summed E-state index contributed by atoms with van der Waals surface area (Å²) in [7, 11) is -4.10. The number of sulfonamides is 1. The molecule has 1 heterocycles. The predicted molar refractivity (Wildman–Crippen MR) is 110 cm³/mol. The highest BCUT2D eigenvalue weighted by Gasteiger charge is 2.26. The number of thiazole rings is 1. The van der Waals surface area contributed by atoms with Crippen LogP contribution in [0, 0.1) is 17.6 Å². The lowest BCUT2D eigenvalue weighted by molar-refractivity contribution is -0.135. The highest BCUT2D eigenvalue weighted by Crippen LogP contribution is 2.29. The molecule has 9 nitrogen and oxygen atoms in total. The van der Waals surface area contributed by atoms with E-state index in [4.69, 9.17) is 5.11 Å². The molecule has 3 N–H and O–H groups in total. The van der Waals surface area contributed by atoms with Crippen molar-refractivity contribution < 1.29 is 31.9 Å². The van der Waals surface area contributed by atoms with Crippen LogP contribution in [-0.2, 0) is 14.8 Å². The van der Waals surface area contributed by atoms with Crippen LogP contribution in [0.15, 0.2) is 28.6 Å². The number of hydrogen-bond acceptors (Lipinski definition) is 6. The number of nitrogens with zero attached hydrogens (tertiary/aromatic N) is 2. The van der Waals surface area contributed by atoms with Gasteiger partial charge in [-0.1, -0.05) is 24.2 Å². The number of aromatic nitrogens is 1. The maximum Gasteiger partial charge on any atom is 0.328 e. The van der Waals surface area contributed by atoms with Crippen molar-refractivity contribution in [2.75, 3.05) is 23.3 Å². The molecule has 0 unspecified atom stereocenters. The van der Waals surface area contributed by atoms with E-state index in [0.717, 1.165) is 44.0 Å². The Bertz CT molecular complexity index is 1070. The number of carbonyl (C=O) groups excluding carboxylic acids is 1. The fourth-order valence-corrected chi connectivity index (χ4v) is 5.28. The SMILES string of the molecule is O=C(O)CNS(=O)(=O)c1cnc(NC(=O)N(CC2CCCC2)c2ccc(F)c(F)c2)s1. The van der Waals surface area contributed by atoms with Crippen LogP contribution < -0.4 is 14.9 Å². The number of rotatable bonds is 8. The summed E-state index contributed by atoms with van der Waals surface area (Å²) in [6.45, 7) is -0.513. The Labute approximate surface area is 181 Å². The van der Waals surface area contributed by atoms with E-state index >= 15 is 0 Å². The van der Waals surface area contributed by atoms with Gasteiger partial charge in [0, 0.05) is 18.3 Å². The molecule has 1 fully saturated rings. The van der Waals surface area contributed by atoms with Crippen LogP contribution in [-0.4, -0.2) is 43.6 Å². The molecule has 0 atom stereocenters. The molecule has 168 valence electrons. The van der Waals surface area contributed by atoms with Gasteiger partial charge in [0.15, 0.2) is 21.0 Å². The van der Waals surface area contributed by atoms with Gasteiger partial charge in [-0.25, -0.2) is 27.0 Å². The van der Waals surface area contributed by atoms with Crippen LogP contribution in [0.1, 0.15) is 25.7 Å². The summed E-state index contributed by atoms with van der Waals surface area (Å²) in [6, 6.07) is 2.48. The minimum absolute atomic E-state index is 0.0419. The molecule has 1 saturated carbocycles. The third kappa shape index (κ3) is 5.95. The van der Waals surface area contributed by atoms with Crippen LogP contribution >= 0.6 is 11.3 Å². The predicted octanol–water partition coefficient (Wildman–Crippen LogP) is 3.01. The molecule has 1 aliphatic rings. The third-order valence-corrected chi connectivity index (χ3v) is 7.53. The Morgan fingerprint density at radius 1 is 1.23 bits per heavy atom. The van der Waals surface area contributed by atoms with Crippen LogP contribution in [0.4, 0.5) is 24.4 Å². The average molecular weight is 475 g/mol. The fourth-order valence-electron chi connectivity index (χ4n) is 3.24. The van der Waals surface area contributed by atoms with E-state index in [9.17, 15) is 26.8 Å². The van der Waals surface area contributed by atoms with Crippen LogP contribution in [0.25, 0.3) is 0 Å². The first-order chi connectivity index (χ1) is 14.7. The molecule has 31 heavy (non-hydrogen) atoms. The number of hydrogen-bond donors (Lipinski definition) is 3. The van der Waals surface area contributed by atoms with E-state index in [-0.39, 0.29) is 27.5 Å². The number of carboxylic acid groups (broad SMARTS) is 1.